The van der Waals surface area contributed by atoms with Gasteiger partial charge in [-0.15, -0.1) is 0 Å². The number of carbonyl (C=O) groups excluding carboxylic acids is 2. The van der Waals surface area contributed by atoms with E-state index < -0.39 is 53.8 Å². The molecule has 0 saturated heterocycles. The first-order valence-electron chi connectivity index (χ1n) is 8.34. The molecular formula is C18H14ClF6N3O3. The molecule has 2 aromatic rings. The summed E-state index contributed by atoms with van der Waals surface area (Å²) in [6.07, 6.45) is -8.27. The normalized spacial score (nSPS) is 11.7. The van der Waals surface area contributed by atoms with Crippen LogP contribution in [0.25, 0.3) is 0 Å². The van der Waals surface area contributed by atoms with Gasteiger partial charge in [-0.3, -0.25) is 9.59 Å². The number of carbonyl (C=O) groups is 2. The fourth-order valence-electron chi connectivity index (χ4n) is 2.33. The van der Waals surface area contributed by atoms with Gasteiger partial charge in [0.2, 0.25) is 11.8 Å². The molecule has 0 saturated carbocycles. The summed E-state index contributed by atoms with van der Waals surface area (Å²) < 4.78 is 80.3. The Labute approximate surface area is 176 Å². The Morgan fingerprint density at radius 1 is 1.16 bits per heavy atom. The molecule has 0 unspecified atom stereocenters. The number of benzene rings is 1. The molecule has 0 fully saturated rings. The van der Waals surface area contributed by atoms with Crippen molar-refractivity contribution >= 4 is 29.1 Å². The maximum Gasteiger partial charge on any atom is 0.422 e. The zero-order chi connectivity index (χ0) is 23.4. The smallest absolute Gasteiger partial charge is 0.422 e. The van der Waals surface area contributed by atoms with Crippen LogP contribution in [0.3, 0.4) is 0 Å². The van der Waals surface area contributed by atoms with Crippen LogP contribution in [0.4, 0.5) is 32.0 Å². The largest absolute Gasteiger partial charge is 0.467 e. The molecule has 0 radical (unpaired) electrons. The first-order chi connectivity index (χ1) is 14.3. The number of likely N-dealkylation sites (N-methyl/N-ethyl adjacent to an activating group) is 1. The van der Waals surface area contributed by atoms with Gasteiger partial charge in [-0.1, -0.05) is 11.6 Å². The van der Waals surface area contributed by atoms with E-state index in [0.29, 0.717) is 6.07 Å². The second-order valence-corrected chi connectivity index (χ2v) is 6.57. The third-order valence-electron chi connectivity index (χ3n) is 3.66. The number of nitrogens with zero attached hydrogens (tertiary/aromatic N) is 2. The lowest BCUT2D eigenvalue weighted by molar-refractivity contribution is -0.154. The zero-order valence-corrected chi connectivity index (χ0v) is 16.4. The Bertz CT molecular complexity index is 965. The summed E-state index contributed by atoms with van der Waals surface area (Å²) in [5.74, 6) is -2.31. The molecule has 0 aliphatic carbocycles. The van der Waals surface area contributed by atoms with Crippen molar-refractivity contribution in [2.75, 3.05) is 25.5 Å². The number of halogens is 7. The van der Waals surface area contributed by atoms with Crippen molar-refractivity contribution in [2.45, 2.75) is 12.4 Å². The molecule has 2 rings (SSSR count). The first kappa shape index (κ1) is 24.3. The molecule has 6 nitrogen and oxygen atoms in total. The second kappa shape index (κ2) is 9.41. The predicted molar refractivity (Wildman–Crippen MR) is 97.8 cm³/mol. The van der Waals surface area contributed by atoms with Crippen molar-refractivity contribution < 1.29 is 40.7 Å². The molecular weight excluding hydrogens is 456 g/mol. The number of pyridine rings is 1. The summed E-state index contributed by atoms with van der Waals surface area (Å²) in [6.45, 7) is -2.29. The minimum Gasteiger partial charge on any atom is -0.467 e. The number of alkyl halides is 6. The molecule has 1 aromatic heterocycles. The molecule has 0 atom stereocenters. The number of nitrogens with one attached hydrogen (secondary N) is 1. The van der Waals surface area contributed by atoms with Gasteiger partial charge in [-0.25, -0.2) is 4.98 Å². The van der Waals surface area contributed by atoms with Crippen molar-refractivity contribution in [3.05, 3.63) is 52.7 Å². The fourth-order valence-corrected chi connectivity index (χ4v) is 2.56. The van der Waals surface area contributed by atoms with E-state index in [4.69, 9.17) is 11.6 Å². The van der Waals surface area contributed by atoms with Gasteiger partial charge in [0.1, 0.15) is 5.56 Å². The van der Waals surface area contributed by atoms with Crippen LogP contribution < -0.4 is 10.1 Å². The minimum atomic E-state index is -4.74. The highest BCUT2D eigenvalue weighted by molar-refractivity contribution is 6.31. The van der Waals surface area contributed by atoms with E-state index in [2.05, 4.69) is 15.0 Å². The molecule has 31 heavy (non-hydrogen) atoms. The number of hydrogen-bond acceptors (Lipinski definition) is 4. The van der Waals surface area contributed by atoms with Gasteiger partial charge >= 0.3 is 12.4 Å². The highest BCUT2D eigenvalue weighted by Gasteiger charge is 2.33. The van der Waals surface area contributed by atoms with Crippen LogP contribution in [0, 0.1) is 0 Å². The molecule has 0 bridgehead atoms. The molecule has 1 N–H and O–H groups in total. The summed E-state index contributed by atoms with van der Waals surface area (Å²) in [5, 5.41) is 1.64. The lowest BCUT2D eigenvalue weighted by Gasteiger charge is -2.19. The van der Waals surface area contributed by atoms with E-state index in [1.807, 2.05) is 0 Å². The summed E-state index contributed by atoms with van der Waals surface area (Å²) in [5.41, 5.74) is -1.69. The predicted octanol–water partition coefficient (Wildman–Crippen LogP) is 4.41. The van der Waals surface area contributed by atoms with Crippen LogP contribution in [-0.2, 0) is 11.0 Å². The van der Waals surface area contributed by atoms with E-state index in [1.54, 1.807) is 0 Å². The summed E-state index contributed by atoms with van der Waals surface area (Å²) in [4.78, 5) is 29.0. The van der Waals surface area contributed by atoms with Crippen LogP contribution in [0.5, 0.6) is 5.88 Å². The SMILES string of the molecule is CN(CC(=O)Nc1ccc(Cl)c(C(F)(F)F)c1)C(=O)c1cccnc1OCC(F)(F)F. The number of ether oxygens (including phenoxy) is 1. The second-order valence-electron chi connectivity index (χ2n) is 6.16. The number of rotatable bonds is 6. The average molecular weight is 470 g/mol. The van der Waals surface area contributed by atoms with Gasteiger partial charge < -0.3 is 15.0 Å². The monoisotopic (exact) mass is 469 g/mol. The van der Waals surface area contributed by atoms with Gasteiger partial charge in [0.05, 0.1) is 17.1 Å². The van der Waals surface area contributed by atoms with Crippen LogP contribution in [-0.4, -0.2) is 48.1 Å². The highest BCUT2D eigenvalue weighted by Crippen LogP contribution is 2.36. The third-order valence-corrected chi connectivity index (χ3v) is 3.99. The van der Waals surface area contributed by atoms with Crippen LogP contribution >= 0.6 is 11.6 Å². The van der Waals surface area contributed by atoms with Gasteiger partial charge in [-0.05, 0) is 30.3 Å². The molecule has 1 heterocycles. The molecule has 0 aliphatic rings. The maximum atomic E-state index is 12.9. The van der Waals surface area contributed by atoms with Crippen molar-refractivity contribution in [3.8, 4) is 5.88 Å². The van der Waals surface area contributed by atoms with E-state index in [0.717, 1.165) is 29.3 Å². The van der Waals surface area contributed by atoms with Gasteiger partial charge in [0, 0.05) is 18.9 Å². The number of hydrogen-bond donors (Lipinski definition) is 1. The Balaban J connectivity index is 2.08. The van der Waals surface area contributed by atoms with E-state index in [1.165, 1.54) is 13.1 Å². The number of amides is 2. The standard InChI is InChI=1S/C18H14ClF6N3O3/c1-28(16(30)11-3-2-6-26-15(11)31-9-17(20,21)22)8-14(29)27-10-4-5-13(19)12(7-10)18(23,24)25/h2-7H,8-9H2,1H3,(H,27,29). The average Bonchev–Trinajstić information content (AvgIpc) is 2.66. The van der Waals surface area contributed by atoms with Crippen LogP contribution in [0.1, 0.15) is 15.9 Å². The third kappa shape index (κ3) is 7.02. The summed E-state index contributed by atoms with van der Waals surface area (Å²) in [6, 6.07) is 5.17. The van der Waals surface area contributed by atoms with Crippen LogP contribution in [0.15, 0.2) is 36.5 Å². The molecule has 2 amide bonds. The van der Waals surface area contributed by atoms with Crippen molar-refractivity contribution in [2.24, 2.45) is 0 Å². The van der Waals surface area contributed by atoms with Gasteiger partial charge in [-0.2, -0.15) is 26.3 Å². The van der Waals surface area contributed by atoms with Crippen molar-refractivity contribution in [1.29, 1.82) is 0 Å². The summed E-state index contributed by atoms with van der Waals surface area (Å²) >= 11 is 5.51. The zero-order valence-electron chi connectivity index (χ0n) is 15.6. The van der Waals surface area contributed by atoms with Crippen molar-refractivity contribution in [3.63, 3.8) is 0 Å². The first-order valence-corrected chi connectivity index (χ1v) is 8.72. The lowest BCUT2D eigenvalue weighted by atomic mass is 10.2. The van der Waals surface area contributed by atoms with Crippen LogP contribution in [0.2, 0.25) is 5.02 Å². The Kier molecular flexibility index (Phi) is 7.37. The lowest BCUT2D eigenvalue weighted by Crippen LogP contribution is -2.35. The van der Waals surface area contributed by atoms with Gasteiger partial charge in [0.15, 0.2) is 6.61 Å². The Morgan fingerprint density at radius 3 is 2.45 bits per heavy atom. The Morgan fingerprint density at radius 2 is 1.84 bits per heavy atom. The Hall–Kier alpha value is -3.02. The highest BCUT2D eigenvalue weighted by atomic mass is 35.5. The summed E-state index contributed by atoms with van der Waals surface area (Å²) in [7, 11) is 1.17. The molecule has 0 aliphatic heterocycles. The number of anilines is 1. The maximum absolute atomic E-state index is 12.9. The van der Waals surface area contributed by atoms with E-state index in [-0.39, 0.29) is 11.3 Å². The molecule has 13 heteroatoms. The van der Waals surface area contributed by atoms with Crippen molar-refractivity contribution in [1.82, 2.24) is 9.88 Å². The quantitative estimate of drug-likeness (QED) is 0.636. The van der Waals surface area contributed by atoms with Gasteiger partial charge in [0.25, 0.3) is 5.91 Å². The van der Waals surface area contributed by atoms with E-state index >= 15 is 0 Å². The molecule has 0 spiro atoms. The fraction of sp³-hybridized carbons (Fsp3) is 0.278. The van der Waals surface area contributed by atoms with E-state index in [9.17, 15) is 35.9 Å². The molecule has 168 valence electrons. The molecule has 1 aromatic carbocycles. The minimum absolute atomic E-state index is 0.210. The topological polar surface area (TPSA) is 71.5 Å². The number of aromatic nitrogens is 1.